The number of nitrogens with one attached hydrogen (secondary N) is 1. The number of aliphatic hydroxyl groups is 1. The Morgan fingerprint density at radius 3 is 1.93 bits per heavy atom. The van der Waals surface area contributed by atoms with E-state index in [-0.39, 0.29) is 71.9 Å². The number of aliphatic hydroxyl groups excluding tert-OH is 1. The summed E-state index contributed by atoms with van der Waals surface area (Å²) < 4.78 is 55.5. The number of nitriles is 1. The number of nitrogens with zero attached hydrogens (tertiary/aromatic N) is 3. The smallest absolute Gasteiger partial charge is 0.411 e. The monoisotopic (exact) mass is 1210 g/mol. The van der Waals surface area contributed by atoms with E-state index in [1.807, 2.05) is 85.8 Å². The molecule has 19 nitrogen and oxygen atoms in total. The fraction of sp³-hybridized carbons (Fsp3) is 0.367. The van der Waals surface area contributed by atoms with Crippen molar-refractivity contribution in [2.75, 3.05) is 67.4 Å². The molecule has 1 fully saturated rings. The summed E-state index contributed by atoms with van der Waals surface area (Å²) in [6, 6.07) is 19.0. The summed E-state index contributed by atoms with van der Waals surface area (Å²) in [6.07, 6.45) is -0.624. The van der Waals surface area contributed by atoms with Gasteiger partial charge in [0.1, 0.15) is 67.6 Å². The topological polar surface area (TPSA) is 226 Å². The van der Waals surface area contributed by atoms with Crippen molar-refractivity contribution in [3.05, 3.63) is 154 Å². The van der Waals surface area contributed by atoms with Crippen LogP contribution in [0.5, 0.6) is 46.0 Å². The zero-order valence-corrected chi connectivity index (χ0v) is 49.2. The molecule has 2 bridgehead atoms. The molecular weight excluding hydrogens is 1160 g/mol. The Bertz CT molecular complexity index is 3190. The van der Waals surface area contributed by atoms with Gasteiger partial charge in [-0.2, -0.15) is 5.26 Å². The van der Waals surface area contributed by atoms with Gasteiger partial charge in [-0.15, -0.1) is 11.8 Å². The third-order valence-corrected chi connectivity index (χ3v) is 17.2. The molecule has 0 spiro atoms. The molecule has 0 saturated carbocycles. The van der Waals surface area contributed by atoms with E-state index in [0.29, 0.717) is 39.7 Å². The van der Waals surface area contributed by atoms with E-state index < -0.39 is 82.3 Å². The molecule has 5 aromatic rings. The fourth-order valence-corrected chi connectivity index (χ4v) is 13.4. The first-order chi connectivity index (χ1) is 39.9. The number of alkyl halides is 3. The van der Waals surface area contributed by atoms with Gasteiger partial charge in [0.25, 0.3) is 0 Å². The normalized spacial score (nSPS) is 19.7. The number of phenolic OH excluding ortho intramolecular Hbond substituents is 1. The average molecular weight is 1220 g/mol. The van der Waals surface area contributed by atoms with Crippen LogP contribution in [0.15, 0.2) is 104 Å². The van der Waals surface area contributed by atoms with Gasteiger partial charge in [0, 0.05) is 28.0 Å². The van der Waals surface area contributed by atoms with Crippen molar-refractivity contribution >= 4 is 64.7 Å². The molecule has 7 atom stereocenters. The van der Waals surface area contributed by atoms with Gasteiger partial charge in [-0.3, -0.25) is 9.80 Å². The summed E-state index contributed by atoms with van der Waals surface area (Å²) in [7, 11) is 6.15. The Kier molecular flexibility index (Phi) is 18.3. The standard InChI is InChI=1S/C60H61Cl3N4O15S/c1-9-23-77-54-45-34(25-32(3)52(54)76-8)26-42-43(27-64)66-44(46-47(50(68)33(4)53-55(46)82-31-81-53)51(69)49(66)48(45)67(42)58(72)78-24-10-2)28-79-56(70)41(65-57(71)80-30-59(61,62)63)29-83-60(35-11-17-38(73-5)18-12-35,36-13-19-39(74-6)20-14-36)37-15-21-40(75-7)22-16-37/h9-22,25,41-44,48-49,51,68-69H,1-2,23-24,26,28-31H2,3-8H3,(H,65,71)/t41-,42-,43-,44-,48+,49+,51-/m0/s1. The average Bonchev–Trinajstić information content (AvgIpc) is 1.31. The number of thioether (sulfide) groups is 1. The molecule has 0 radical (unpaired) electrons. The number of alkyl carbamates (subject to hydrolysis) is 1. The van der Waals surface area contributed by atoms with Gasteiger partial charge >= 0.3 is 18.2 Å². The van der Waals surface area contributed by atoms with Crippen molar-refractivity contribution in [2.45, 2.75) is 71.2 Å². The van der Waals surface area contributed by atoms with Crippen LogP contribution < -0.4 is 38.5 Å². The number of carbonyl (C=O) groups is 3. The number of aromatic hydroxyl groups is 1. The number of benzene rings is 5. The number of esters is 1. The first-order valence-corrected chi connectivity index (χ1v) is 28.3. The molecule has 0 unspecified atom stereocenters. The van der Waals surface area contributed by atoms with Crippen molar-refractivity contribution in [3.63, 3.8) is 0 Å². The Hall–Kier alpha value is -7.38. The summed E-state index contributed by atoms with van der Waals surface area (Å²) in [5.74, 6) is 1.04. The molecule has 4 aliphatic heterocycles. The summed E-state index contributed by atoms with van der Waals surface area (Å²) in [5, 5.41) is 39.7. The highest BCUT2D eigenvalue weighted by atomic mass is 35.6. The van der Waals surface area contributed by atoms with Crippen molar-refractivity contribution in [1.29, 1.82) is 5.26 Å². The first kappa shape index (κ1) is 60.2. The predicted octanol–water partition coefficient (Wildman–Crippen LogP) is 10.0. The van der Waals surface area contributed by atoms with E-state index >= 15 is 4.79 Å². The summed E-state index contributed by atoms with van der Waals surface area (Å²) in [5.41, 5.74) is 4.40. The number of aryl methyl sites for hydroxylation is 1. The molecular formula is C60H61Cl3N4O15S. The Morgan fingerprint density at radius 1 is 0.819 bits per heavy atom. The highest BCUT2D eigenvalue weighted by molar-refractivity contribution is 8.00. The Morgan fingerprint density at radius 2 is 1.40 bits per heavy atom. The molecule has 4 aliphatic rings. The molecule has 1 saturated heterocycles. The summed E-state index contributed by atoms with van der Waals surface area (Å²) in [6.45, 7) is 9.26. The maximum absolute atomic E-state index is 15.4. The molecule has 2 amide bonds. The van der Waals surface area contributed by atoms with Crippen LogP contribution in [0.3, 0.4) is 0 Å². The quantitative estimate of drug-likeness (QED) is 0.0217. The second kappa shape index (κ2) is 25.2. The fourth-order valence-electron chi connectivity index (χ4n) is 11.7. The first-order valence-electron chi connectivity index (χ1n) is 26.1. The predicted molar refractivity (Wildman–Crippen MR) is 310 cm³/mol. The number of hydrogen-bond acceptors (Lipinski definition) is 18. The van der Waals surface area contributed by atoms with Gasteiger partial charge in [0.2, 0.25) is 10.6 Å². The second-order valence-corrected chi connectivity index (χ2v) is 23.5. The molecule has 9 rings (SSSR count). The van der Waals surface area contributed by atoms with Crippen LogP contribution in [0.2, 0.25) is 0 Å². The number of fused-ring (bicyclic) bond motifs is 9. The van der Waals surface area contributed by atoms with E-state index in [9.17, 15) is 25.1 Å². The van der Waals surface area contributed by atoms with Crippen LogP contribution in [0, 0.1) is 25.2 Å². The van der Waals surface area contributed by atoms with Gasteiger partial charge < -0.3 is 62.9 Å². The Balaban J connectivity index is 1.19. The summed E-state index contributed by atoms with van der Waals surface area (Å²) >= 11 is 19.4. The van der Waals surface area contributed by atoms with Crippen molar-refractivity contribution in [1.82, 2.24) is 15.1 Å². The lowest BCUT2D eigenvalue weighted by atomic mass is 9.70. The number of piperazine rings is 1. The minimum absolute atomic E-state index is 0.0128. The molecule has 4 heterocycles. The van der Waals surface area contributed by atoms with Gasteiger partial charge in [-0.1, -0.05) is 103 Å². The maximum atomic E-state index is 15.4. The minimum Gasteiger partial charge on any atom is -0.507 e. The van der Waals surface area contributed by atoms with Crippen LogP contribution in [0.1, 0.15) is 68.3 Å². The van der Waals surface area contributed by atoms with Crippen molar-refractivity contribution in [2.24, 2.45) is 0 Å². The van der Waals surface area contributed by atoms with E-state index in [4.69, 9.17) is 82.2 Å². The Labute approximate surface area is 499 Å². The molecule has 23 heteroatoms. The number of methoxy groups -OCH3 is 4. The van der Waals surface area contributed by atoms with Gasteiger partial charge in [0.05, 0.1) is 63.4 Å². The van der Waals surface area contributed by atoms with E-state index in [2.05, 4.69) is 24.5 Å². The van der Waals surface area contributed by atoms with Gasteiger partial charge in [0.15, 0.2) is 23.0 Å². The van der Waals surface area contributed by atoms with Crippen LogP contribution in [0.25, 0.3) is 0 Å². The molecule has 5 aromatic carbocycles. The second-order valence-electron chi connectivity index (χ2n) is 19.8. The lowest BCUT2D eigenvalue weighted by Crippen LogP contribution is -2.71. The van der Waals surface area contributed by atoms with Gasteiger partial charge in [-0.25, -0.2) is 14.4 Å². The zero-order chi connectivity index (χ0) is 59.5. The van der Waals surface area contributed by atoms with Crippen LogP contribution >= 0.6 is 46.6 Å². The lowest BCUT2D eigenvalue weighted by Gasteiger charge is -2.61. The number of phenols is 1. The van der Waals surface area contributed by atoms with E-state index in [1.165, 1.54) is 29.8 Å². The molecule has 3 N–H and O–H groups in total. The zero-order valence-electron chi connectivity index (χ0n) is 46.2. The number of ether oxygens (including phenoxy) is 10. The third-order valence-electron chi connectivity index (χ3n) is 15.2. The van der Waals surface area contributed by atoms with Crippen molar-refractivity contribution in [3.8, 4) is 52.1 Å². The molecule has 0 aliphatic carbocycles. The lowest BCUT2D eigenvalue weighted by molar-refractivity contribution is -0.155. The van der Waals surface area contributed by atoms with E-state index in [1.54, 1.807) is 39.2 Å². The number of carbonyl (C=O) groups excluding carboxylic acids is 3. The molecule has 438 valence electrons. The number of halogens is 3. The number of rotatable bonds is 20. The highest BCUT2D eigenvalue weighted by Gasteiger charge is 2.62. The largest absolute Gasteiger partial charge is 0.507 e. The maximum Gasteiger partial charge on any atom is 0.411 e. The minimum atomic E-state index is -2.02. The number of amides is 2. The SMILES string of the molecule is C=CCOC(=O)N1[C@@H]2c3c(cc(C)c(OC)c3OCC=C)C[C@H]1[C@H](C#N)N1[C@H]2[C@@H](O)c2c(O)c(C)c3c(c2[C@@H]1COC(=O)[C@H](CSC(c1ccc(OC)cc1)(c1ccc(OC)cc1)c1ccc(OC)cc1)NC(=O)OCC(Cl)(Cl)Cl)OCO3. The third kappa shape index (κ3) is 11.4. The molecule has 83 heavy (non-hydrogen) atoms. The van der Waals surface area contributed by atoms with Crippen LogP contribution in [-0.2, 0) is 30.2 Å². The summed E-state index contributed by atoms with van der Waals surface area (Å²) in [4.78, 5) is 47.0. The van der Waals surface area contributed by atoms with Crippen molar-refractivity contribution < 1.29 is 72.0 Å². The van der Waals surface area contributed by atoms with Gasteiger partial charge in [-0.05, 0) is 84.5 Å². The highest BCUT2D eigenvalue weighted by Crippen LogP contribution is 2.62. The van der Waals surface area contributed by atoms with E-state index in [0.717, 1.165) is 16.7 Å². The number of hydrogen-bond donors (Lipinski definition) is 3. The van der Waals surface area contributed by atoms with Crippen LogP contribution in [-0.4, -0.2) is 134 Å². The van der Waals surface area contributed by atoms with Crippen LogP contribution in [0.4, 0.5) is 9.59 Å². The molecule has 0 aromatic heterocycles.